The van der Waals surface area contributed by atoms with E-state index in [0.29, 0.717) is 12.5 Å². The topological polar surface area (TPSA) is 45.3 Å². The minimum atomic E-state index is -0.473. The van der Waals surface area contributed by atoms with E-state index < -0.39 is 5.60 Å². The standard InChI is InChI=1S/C19H26N2O2/c1-12(2)17-16-14(13-8-6-7-9-15(13)20-16)10-11-21(17)18(22)23-19(3,4)5/h6-9,12,17,20H,10-11H2,1-5H3/t17-/m0/s1. The number of nitrogens with zero attached hydrogens (tertiary/aromatic N) is 1. The molecule has 1 N–H and O–H groups in total. The first-order valence-electron chi connectivity index (χ1n) is 8.37. The third kappa shape index (κ3) is 2.94. The lowest BCUT2D eigenvalue weighted by molar-refractivity contribution is 0.00832. The van der Waals surface area contributed by atoms with E-state index in [9.17, 15) is 4.79 Å². The van der Waals surface area contributed by atoms with E-state index >= 15 is 0 Å². The van der Waals surface area contributed by atoms with Gasteiger partial charge in [0, 0.05) is 23.1 Å². The summed E-state index contributed by atoms with van der Waals surface area (Å²) in [5, 5.41) is 1.27. The molecule has 1 aromatic heterocycles. The normalized spacial score (nSPS) is 18.3. The number of hydrogen-bond acceptors (Lipinski definition) is 2. The summed E-state index contributed by atoms with van der Waals surface area (Å²) in [6.07, 6.45) is 0.641. The van der Waals surface area contributed by atoms with Gasteiger partial charge in [-0.1, -0.05) is 32.0 Å². The van der Waals surface area contributed by atoms with Gasteiger partial charge in [-0.15, -0.1) is 0 Å². The second kappa shape index (κ2) is 5.59. The first kappa shape index (κ1) is 15.9. The van der Waals surface area contributed by atoms with Crippen molar-refractivity contribution in [3.8, 4) is 0 Å². The zero-order valence-electron chi connectivity index (χ0n) is 14.6. The number of hydrogen-bond donors (Lipinski definition) is 1. The van der Waals surface area contributed by atoms with Crippen molar-refractivity contribution >= 4 is 17.0 Å². The summed E-state index contributed by atoms with van der Waals surface area (Å²) in [6.45, 7) is 10.7. The van der Waals surface area contributed by atoms with Crippen LogP contribution in [0.5, 0.6) is 0 Å². The average molecular weight is 314 g/mol. The molecule has 4 nitrogen and oxygen atoms in total. The summed E-state index contributed by atoms with van der Waals surface area (Å²) >= 11 is 0. The van der Waals surface area contributed by atoms with Crippen LogP contribution >= 0.6 is 0 Å². The van der Waals surface area contributed by atoms with Gasteiger partial charge in [0.2, 0.25) is 0 Å². The number of aromatic amines is 1. The molecule has 3 rings (SSSR count). The van der Waals surface area contributed by atoms with Crippen molar-refractivity contribution < 1.29 is 9.53 Å². The average Bonchev–Trinajstić information content (AvgIpc) is 2.82. The minimum absolute atomic E-state index is 0.0287. The Bertz CT molecular complexity index is 725. The van der Waals surface area contributed by atoms with Crippen LogP contribution in [0.25, 0.3) is 10.9 Å². The predicted octanol–water partition coefficient (Wildman–Crippen LogP) is 4.66. The van der Waals surface area contributed by atoms with Gasteiger partial charge in [0.05, 0.1) is 6.04 Å². The smallest absolute Gasteiger partial charge is 0.410 e. The largest absolute Gasteiger partial charge is 0.444 e. The third-order valence-electron chi connectivity index (χ3n) is 4.34. The number of carbonyl (C=O) groups is 1. The molecule has 0 fully saturated rings. The molecule has 1 aromatic carbocycles. The fourth-order valence-electron chi connectivity index (χ4n) is 3.49. The van der Waals surface area contributed by atoms with E-state index in [0.717, 1.165) is 11.9 Å². The van der Waals surface area contributed by atoms with Crippen LogP contribution < -0.4 is 0 Å². The molecule has 2 heterocycles. The monoisotopic (exact) mass is 314 g/mol. The number of benzene rings is 1. The summed E-state index contributed by atoms with van der Waals surface area (Å²) in [4.78, 5) is 18.1. The first-order valence-corrected chi connectivity index (χ1v) is 8.37. The van der Waals surface area contributed by atoms with Crippen molar-refractivity contribution in [3.05, 3.63) is 35.5 Å². The van der Waals surface area contributed by atoms with Crippen molar-refractivity contribution in [3.63, 3.8) is 0 Å². The molecule has 4 heteroatoms. The zero-order chi connectivity index (χ0) is 16.8. The molecule has 1 aliphatic rings. The summed E-state index contributed by atoms with van der Waals surface area (Å²) in [7, 11) is 0. The van der Waals surface area contributed by atoms with Gasteiger partial charge in [-0.25, -0.2) is 4.79 Å². The lowest BCUT2D eigenvalue weighted by Gasteiger charge is -2.38. The Kier molecular flexibility index (Phi) is 3.86. The molecule has 0 saturated heterocycles. The van der Waals surface area contributed by atoms with E-state index in [1.165, 1.54) is 16.6 Å². The van der Waals surface area contributed by atoms with Gasteiger partial charge in [0.25, 0.3) is 0 Å². The number of H-pyrrole nitrogens is 1. The maximum atomic E-state index is 12.6. The number of rotatable bonds is 1. The Morgan fingerprint density at radius 2 is 2.00 bits per heavy atom. The van der Waals surface area contributed by atoms with Gasteiger partial charge >= 0.3 is 6.09 Å². The number of amides is 1. The summed E-state index contributed by atoms with van der Waals surface area (Å²) < 4.78 is 5.62. The zero-order valence-corrected chi connectivity index (χ0v) is 14.6. The number of carbonyl (C=O) groups excluding carboxylic acids is 1. The van der Waals surface area contributed by atoms with Crippen LogP contribution in [0, 0.1) is 5.92 Å². The summed E-state index contributed by atoms with van der Waals surface area (Å²) in [6, 6.07) is 8.40. The molecule has 1 aliphatic heterocycles. The Morgan fingerprint density at radius 3 is 2.65 bits per heavy atom. The van der Waals surface area contributed by atoms with Crippen LogP contribution in [0.3, 0.4) is 0 Å². The molecule has 1 amide bonds. The molecule has 23 heavy (non-hydrogen) atoms. The fourth-order valence-corrected chi connectivity index (χ4v) is 3.49. The van der Waals surface area contributed by atoms with Crippen LogP contribution in [0.4, 0.5) is 4.79 Å². The van der Waals surface area contributed by atoms with Gasteiger partial charge in [0.15, 0.2) is 0 Å². The van der Waals surface area contributed by atoms with Gasteiger partial charge in [-0.05, 0) is 44.7 Å². The Hall–Kier alpha value is -1.97. The highest BCUT2D eigenvalue weighted by atomic mass is 16.6. The number of aromatic nitrogens is 1. The lowest BCUT2D eigenvalue weighted by atomic mass is 9.91. The molecule has 0 radical (unpaired) electrons. The van der Waals surface area contributed by atoms with E-state index in [4.69, 9.17) is 4.74 Å². The highest BCUT2D eigenvalue weighted by Crippen LogP contribution is 2.38. The first-order chi connectivity index (χ1) is 10.8. The molecule has 0 aliphatic carbocycles. The van der Waals surface area contributed by atoms with Gasteiger partial charge in [-0.2, -0.15) is 0 Å². The molecule has 0 bridgehead atoms. The highest BCUT2D eigenvalue weighted by Gasteiger charge is 2.37. The predicted molar refractivity (Wildman–Crippen MR) is 92.5 cm³/mol. The van der Waals surface area contributed by atoms with Gasteiger partial charge in [-0.3, -0.25) is 4.90 Å². The maximum absolute atomic E-state index is 12.6. The van der Waals surface area contributed by atoms with Crippen LogP contribution in [0.2, 0.25) is 0 Å². The Morgan fingerprint density at radius 1 is 1.30 bits per heavy atom. The molecular formula is C19H26N2O2. The van der Waals surface area contributed by atoms with Crippen LogP contribution in [0.1, 0.15) is 51.9 Å². The van der Waals surface area contributed by atoms with E-state index in [-0.39, 0.29) is 12.1 Å². The lowest BCUT2D eigenvalue weighted by Crippen LogP contribution is -2.44. The fraction of sp³-hybridized carbons (Fsp3) is 0.526. The maximum Gasteiger partial charge on any atom is 0.410 e. The van der Waals surface area contributed by atoms with Gasteiger partial charge in [0.1, 0.15) is 5.60 Å². The second-order valence-electron chi connectivity index (χ2n) is 7.68. The van der Waals surface area contributed by atoms with E-state index in [1.807, 2.05) is 31.7 Å². The van der Waals surface area contributed by atoms with E-state index in [1.54, 1.807) is 0 Å². The third-order valence-corrected chi connectivity index (χ3v) is 4.34. The minimum Gasteiger partial charge on any atom is -0.444 e. The number of para-hydroxylation sites is 1. The number of fused-ring (bicyclic) bond motifs is 3. The van der Waals surface area contributed by atoms with Crippen molar-refractivity contribution in [1.82, 2.24) is 9.88 Å². The molecule has 0 spiro atoms. The molecule has 2 aromatic rings. The van der Waals surface area contributed by atoms with Crippen molar-refractivity contribution in [2.45, 2.75) is 52.7 Å². The molecule has 0 unspecified atom stereocenters. The molecular weight excluding hydrogens is 288 g/mol. The number of nitrogens with one attached hydrogen (secondary N) is 1. The SMILES string of the molecule is CC(C)[C@H]1c2[nH]c3ccccc3c2CCN1C(=O)OC(C)(C)C. The van der Waals surface area contributed by atoms with Crippen LogP contribution in [0.15, 0.2) is 24.3 Å². The number of ether oxygens (including phenoxy) is 1. The van der Waals surface area contributed by atoms with Crippen molar-refractivity contribution in [2.75, 3.05) is 6.54 Å². The summed E-state index contributed by atoms with van der Waals surface area (Å²) in [5.41, 5.74) is 3.19. The summed E-state index contributed by atoms with van der Waals surface area (Å²) in [5.74, 6) is 0.314. The second-order valence-corrected chi connectivity index (χ2v) is 7.68. The molecule has 0 saturated carbocycles. The van der Waals surface area contributed by atoms with Crippen molar-refractivity contribution in [1.29, 1.82) is 0 Å². The molecule has 1 atom stereocenters. The van der Waals surface area contributed by atoms with Gasteiger partial charge < -0.3 is 9.72 Å². The van der Waals surface area contributed by atoms with Crippen LogP contribution in [-0.2, 0) is 11.2 Å². The molecule has 124 valence electrons. The Balaban J connectivity index is 2.01. The quantitative estimate of drug-likeness (QED) is 0.832. The Labute approximate surface area is 137 Å². The van der Waals surface area contributed by atoms with Crippen molar-refractivity contribution in [2.24, 2.45) is 5.92 Å². The van der Waals surface area contributed by atoms with E-state index in [2.05, 4.69) is 37.0 Å². The highest BCUT2D eigenvalue weighted by molar-refractivity contribution is 5.85. The van der Waals surface area contributed by atoms with Crippen LogP contribution in [-0.4, -0.2) is 28.1 Å².